The van der Waals surface area contributed by atoms with E-state index in [1.807, 2.05) is 23.6 Å². The van der Waals surface area contributed by atoms with Crippen molar-refractivity contribution in [3.8, 4) is 0 Å². The lowest BCUT2D eigenvalue weighted by atomic mass is 9.54. The average Bonchev–Trinajstić information content (AvgIpc) is 3.34. The van der Waals surface area contributed by atoms with Gasteiger partial charge in [0.15, 0.2) is 5.78 Å². The summed E-state index contributed by atoms with van der Waals surface area (Å²) >= 11 is 0. The van der Waals surface area contributed by atoms with E-state index in [0.717, 1.165) is 69.2 Å². The molecule has 4 atom stereocenters. The molecular formula is C36H57NO4. The number of amides is 1. The molecule has 0 heterocycles. The number of ether oxygens (including phenoxy) is 1. The number of hydrogen-bond donors (Lipinski definition) is 0. The summed E-state index contributed by atoms with van der Waals surface area (Å²) in [4.78, 5) is 37.1. The number of unbranched alkanes of at least 4 members (excludes halogenated alkanes) is 8. The van der Waals surface area contributed by atoms with Crippen molar-refractivity contribution in [3.63, 3.8) is 0 Å². The number of nitrogens with zero attached hydrogens (tertiary/aromatic N) is 1. The van der Waals surface area contributed by atoms with Crippen LogP contribution in [0.1, 0.15) is 142 Å². The summed E-state index contributed by atoms with van der Waals surface area (Å²) in [5, 5.41) is 0. The monoisotopic (exact) mass is 567 g/mol. The zero-order chi connectivity index (χ0) is 29.2. The van der Waals surface area contributed by atoms with E-state index in [1.54, 1.807) is 5.57 Å². The molecule has 0 N–H and O–H groups in total. The summed E-state index contributed by atoms with van der Waals surface area (Å²) in [5.41, 5.74) is 5.40. The Hall–Kier alpha value is -1.91. The highest BCUT2D eigenvalue weighted by Gasteiger charge is 2.51. The molecule has 0 unspecified atom stereocenters. The molecular weight excluding hydrogens is 510 g/mol. The predicted octanol–water partition coefficient (Wildman–Crippen LogP) is 8.51. The number of hydrogen-bond acceptors (Lipinski definition) is 4. The van der Waals surface area contributed by atoms with Crippen LogP contribution in [0.3, 0.4) is 0 Å². The van der Waals surface area contributed by atoms with Crippen LogP contribution < -0.4 is 0 Å². The molecule has 4 aliphatic rings. The van der Waals surface area contributed by atoms with Gasteiger partial charge in [-0.2, -0.15) is 0 Å². The standard InChI is InChI=1S/C36H57NO4/c1-27(38)41-24-13-12-23-37(3)34(40)17-11-9-7-5-4-6-8-10-15-29-26-36(2)22-14-16-33(36)32-20-18-28-25-30(39)19-21-31(28)35(29)32/h25,29,32-33H,4-24,26H2,1-3H3/t29-,32-,33-,36-/m0/s1. The summed E-state index contributed by atoms with van der Waals surface area (Å²) in [6, 6.07) is 0. The van der Waals surface area contributed by atoms with Gasteiger partial charge in [0.1, 0.15) is 0 Å². The Morgan fingerprint density at radius 1 is 0.951 bits per heavy atom. The van der Waals surface area contributed by atoms with E-state index in [9.17, 15) is 14.4 Å². The smallest absolute Gasteiger partial charge is 0.302 e. The first-order valence-electron chi connectivity index (χ1n) is 17.1. The number of rotatable bonds is 16. The van der Waals surface area contributed by atoms with Crippen LogP contribution in [-0.2, 0) is 19.1 Å². The summed E-state index contributed by atoms with van der Waals surface area (Å²) in [6.45, 7) is 5.21. The van der Waals surface area contributed by atoms with E-state index in [4.69, 9.17) is 4.74 Å². The van der Waals surface area contributed by atoms with Gasteiger partial charge >= 0.3 is 5.97 Å². The van der Waals surface area contributed by atoms with Gasteiger partial charge in [-0.3, -0.25) is 14.4 Å². The maximum absolute atomic E-state index is 12.3. The largest absolute Gasteiger partial charge is 0.466 e. The van der Waals surface area contributed by atoms with Crippen molar-refractivity contribution in [1.29, 1.82) is 0 Å². The van der Waals surface area contributed by atoms with Crippen LogP contribution in [0, 0.1) is 23.2 Å². The fourth-order valence-electron chi connectivity index (χ4n) is 8.81. The molecule has 1 amide bonds. The maximum Gasteiger partial charge on any atom is 0.302 e. The van der Waals surface area contributed by atoms with E-state index in [2.05, 4.69) is 6.92 Å². The zero-order valence-electron chi connectivity index (χ0n) is 26.4. The second kappa shape index (κ2) is 15.5. The van der Waals surface area contributed by atoms with Gasteiger partial charge in [0.05, 0.1) is 6.61 Å². The van der Waals surface area contributed by atoms with Crippen LogP contribution in [-0.4, -0.2) is 42.8 Å². The molecule has 0 aliphatic heterocycles. The summed E-state index contributed by atoms with van der Waals surface area (Å²) in [7, 11) is 1.88. The van der Waals surface area contributed by atoms with Crippen LogP contribution in [0.2, 0.25) is 0 Å². The first-order valence-corrected chi connectivity index (χ1v) is 17.1. The highest BCUT2D eigenvalue weighted by Crippen LogP contribution is 2.62. The Balaban J connectivity index is 1.10. The van der Waals surface area contributed by atoms with Gasteiger partial charge in [0.25, 0.3) is 0 Å². The van der Waals surface area contributed by atoms with E-state index >= 15 is 0 Å². The number of fused-ring (bicyclic) bond motifs is 4. The SMILES string of the molecule is CC(=O)OCCCCN(C)C(=O)CCCCCCCCCC[C@H]1C[C@]2(C)CCC[C@H]2[C@@H]2CCC3=CC(=O)CCC3=C12. The van der Waals surface area contributed by atoms with Gasteiger partial charge in [-0.25, -0.2) is 0 Å². The van der Waals surface area contributed by atoms with Gasteiger partial charge in [-0.15, -0.1) is 0 Å². The summed E-state index contributed by atoms with van der Waals surface area (Å²) in [6.07, 6.45) is 25.4. The van der Waals surface area contributed by atoms with Gasteiger partial charge in [0.2, 0.25) is 5.91 Å². The number of esters is 1. The third-order valence-electron chi connectivity index (χ3n) is 10.9. The molecule has 5 nitrogen and oxygen atoms in total. The molecule has 0 bridgehead atoms. The van der Waals surface area contributed by atoms with Gasteiger partial charge in [0, 0.05) is 33.4 Å². The first-order chi connectivity index (χ1) is 19.8. The van der Waals surface area contributed by atoms with Crippen molar-refractivity contribution >= 4 is 17.7 Å². The van der Waals surface area contributed by atoms with Crippen molar-refractivity contribution in [3.05, 3.63) is 22.8 Å². The average molecular weight is 568 g/mol. The Labute approximate surface area is 249 Å². The molecule has 0 spiro atoms. The van der Waals surface area contributed by atoms with Crippen molar-refractivity contribution < 1.29 is 19.1 Å². The number of ketones is 1. The summed E-state index contributed by atoms with van der Waals surface area (Å²) in [5.74, 6) is 2.77. The van der Waals surface area contributed by atoms with Crippen molar-refractivity contribution in [2.45, 2.75) is 142 Å². The lowest BCUT2D eigenvalue weighted by Crippen LogP contribution is -2.41. The Morgan fingerprint density at radius 3 is 2.44 bits per heavy atom. The van der Waals surface area contributed by atoms with Crippen LogP contribution in [0.15, 0.2) is 22.8 Å². The topological polar surface area (TPSA) is 63.7 Å². The second-order valence-electron chi connectivity index (χ2n) is 14.0. The lowest BCUT2D eigenvalue weighted by Gasteiger charge is -2.51. The predicted molar refractivity (Wildman–Crippen MR) is 165 cm³/mol. The quantitative estimate of drug-likeness (QED) is 0.139. The number of carbonyl (C=O) groups excluding carboxylic acids is 3. The minimum atomic E-state index is -0.239. The Kier molecular flexibility index (Phi) is 12.1. The van der Waals surface area contributed by atoms with E-state index in [-0.39, 0.29) is 11.9 Å². The Morgan fingerprint density at radius 2 is 1.68 bits per heavy atom. The minimum Gasteiger partial charge on any atom is -0.466 e. The summed E-state index contributed by atoms with van der Waals surface area (Å²) < 4.78 is 4.95. The fraction of sp³-hybridized carbons (Fsp3) is 0.806. The maximum atomic E-state index is 12.3. The van der Waals surface area contributed by atoms with Gasteiger partial charge in [-0.1, -0.05) is 63.9 Å². The highest BCUT2D eigenvalue weighted by atomic mass is 16.5. The molecule has 4 rings (SSSR count). The molecule has 0 saturated heterocycles. The zero-order valence-corrected chi connectivity index (χ0v) is 26.4. The van der Waals surface area contributed by atoms with Gasteiger partial charge in [-0.05, 0) is 105 Å². The first kappa shape index (κ1) is 32.0. The van der Waals surface area contributed by atoms with E-state index < -0.39 is 0 Å². The molecule has 0 aromatic carbocycles. The van der Waals surface area contributed by atoms with Crippen LogP contribution in [0.4, 0.5) is 0 Å². The molecule has 4 aliphatic carbocycles. The van der Waals surface area contributed by atoms with Crippen LogP contribution >= 0.6 is 0 Å². The fourth-order valence-corrected chi connectivity index (χ4v) is 8.81. The molecule has 2 saturated carbocycles. The van der Waals surface area contributed by atoms with Crippen molar-refractivity contribution in [2.75, 3.05) is 20.2 Å². The lowest BCUT2D eigenvalue weighted by molar-refractivity contribution is -0.141. The Bertz CT molecular complexity index is 980. The number of carbonyl (C=O) groups is 3. The second-order valence-corrected chi connectivity index (χ2v) is 14.0. The van der Waals surface area contributed by atoms with Crippen LogP contribution in [0.5, 0.6) is 0 Å². The van der Waals surface area contributed by atoms with Crippen LogP contribution in [0.25, 0.3) is 0 Å². The van der Waals surface area contributed by atoms with E-state index in [1.165, 1.54) is 89.5 Å². The molecule has 230 valence electrons. The van der Waals surface area contributed by atoms with Crippen molar-refractivity contribution in [1.82, 2.24) is 4.90 Å². The van der Waals surface area contributed by atoms with Crippen molar-refractivity contribution in [2.24, 2.45) is 23.2 Å². The van der Waals surface area contributed by atoms with Gasteiger partial charge < -0.3 is 9.64 Å². The van der Waals surface area contributed by atoms with E-state index in [0.29, 0.717) is 24.2 Å². The normalized spacial score (nSPS) is 27.1. The minimum absolute atomic E-state index is 0.233. The third-order valence-corrected chi connectivity index (χ3v) is 10.9. The third kappa shape index (κ3) is 8.80. The highest BCUT2D eigenvalue weighted by molar-refractivity contribution is 5.93. The molecule has 41 heavy (non-hydrogen) atoms. The molecule has 5 heteroatoms. The number of allylic oxidation sites excluding steroid dienone is 4. The molecule has 2 fully saturated rings. The molecule has 0 radical (unpaired) electrons. The molecule has 0 aromatic rings. The molecule has 0 aromatic heterocycles.